The van der Waals surface area contributed by atoms with Crippen molar-refractivity contribution in [2.24, 2.45) is 0 Å². The van der Waals surface area contributed by atoms with Gasteiger partial charge in [-0.1, -0.05) is 55.3 Å². The number of carbonyl (C=O) groups is 1. The minimum Gasteiger partial charge on any atom is -0.352 e. The zero-order valence-electron chi connectivity index (χ0n) is 16.4. The summed E-state index contributed by atoms with van der Waals surface area (Å²) < 4.78 is 0. The lowest BCUT2D eigenvalue weighted by atomic mass is 9.88. The summed E-state index contributed by atoms with van der Waals surface area (Å²) in [5, 5.41) is 5.81. The van der Waals surface area contributed by atoms with Gasteiger partial charge in [-0.25, -0.2) is 0 Å². The predicted molar refractivity (Wildman–Crippen MR) is 111 cm³/mol. The second-order valence-corrected chi connectivity index (χ2v) is 8.22. The minimum atomic E-state index is 0.163. The number of likely N-dealkylation sites (N-methyl/N-ethyl adjacent to an activating group) is 1. The van der Waals surface area contributed by atoms with Crippen LogP contribution < -0.4 is 5.32 Å². The Hall–Kier alpha value is -1.91. The van der Waals surface area contributed by atoms with Crippen LogP contribution in [0.1, 0.15) is 31.2 Å². The minimum absolute atomic E-state index is 0.163. The molecule has 1 N–H and O–H groups in total. The molecule has 1 aliphatic heterocycles. The first-order chi connectivity index (χ1) is 13.2. The van der Waals surface area contributed by atoms with E-state index in [0.717, 1.165) is 38.2 Å². The molecule has 2 aromatic carbocycles. The maximum atomic E-state index is 12.8. The van der Waals surface area contributed by atoms with Gasteiger partial charge in [-0.15, -0.1) is 0 Å². The van der Waals surface area contributed by atoms with E-state index in [1.54, 1.807) is 0 Å². The van der Waals surface area contributed by atoms with Gasteiger partial charge in [0, 0.05) is 38.3 Å². The highest BCUT2D eigenvalue weighted by Gasteiger charge is 2.32. The first-order valence-electron chi connectivity index (χ1n) is 10.4. The molecule has 2 unspecified atom stereocenters. The lowest BCUT2D eigenvalue weighted by Crippen LogP contribution is -2.58. The molecule has 1 saturated carbocycles. The lowest BCUT2D eigenvalue weighted by Gasteiger charge is -2.43. The van der Waals surface area contributed by atoms with Crippen molar-refractivity contribution in [3.8, 4) is 0 Å². The number of nitrogens with zero attached hydrogens (tertiary/aromatic N) is 2. The summed E-state index contributed by atoms with van der Waals surface area (Å²) >= 11 is 0. The van der Waals surface area contributed by atoms with Gasteiger partial charge >= 0.3 is 0 Å². The fourth-order valence-corrected chi connectivity index (χ4v) is 4.66. The number of carbonyl (C=O) groups excluding carboxylic acids is 1. The monoisotopic (exact) mass is 365 g/mol. The number of amides is 1. The molecule has 0 radical (unpaired) electrons. The summed E-state index contributed by atoms with van der Waals surface area (Å²) in [5.41, 5.74) is 1.10. The van der Waals surface area contributed by atoms with Crippen molar-refractivity contribution in [1.82, 2.24) is 15.1 Å². The molecule has 0 aromatic heterocycles. The van der Waals surface area contributed by atoms with Gasteiger partial charge in [0.1, 0.15) is 0 Å². The lowest BCUT2D eigenvalue weighted by molar-refractivity contribution is -0.122. The first-order valence-corrected chi connectivity index (χ1v) is 10.4. The average molecular weight is 366 g/mol. The number of fused-ring (bicyclic) bond motifs is 1. The Bertz CT molecular complexity index is 782. The molecule has 2 fully saturated rings. The highest BCUT2D eigenvalue weighted by molar-refractivity contribution is 5.85. The van der Waals surface area contributed by atoms with Crippen LogP contribution >= 0.6 is 0 Å². The van der Waals surface area contributed by atoms with E-state index in [9.17, 15) is 4.79 Å². The first kappa shape index (κ1) is 18.5. The van der Waals surface area contributed by atoms with Crippen molar-refractivity contribution in [3.63, 3.8) is 0 Å². The third-order valence-corrected chi connectivity index (χ3v) is 6.26. The van der Waals surface area contributed by atoms with Gasteiger partial charge in [0.05, 0.1) is 6.42 Å². The quantitative estimate of drug-likeness (QED) is 0.905. The van der Waals surface area contributed by atoms with E-state index in [2.05, 4.69) is 64.6 Å². The van der Waals surface area contributed by atoms with Crippen LogP contribution in [0.5, 0.6) is 0 Å². The molecule has 1 heterocycles. The van der Waals surface area contributed by atoms with Gasteiger partial charge in [-0.3, -0.25) is 9.69 Å². The number of nitrogens with one attached hydrogen (secondary N) is 1. The molecular weight excluding hydrogens is 334 g/mol. The van der Waals surface area contributed by atoms with E-state index >= 15 is 0 Å². The molecule has 144 valence electrons. The maximum absolute atomic E-state index is 12.8. The predicted octanol–water partition coefficient (Wildman–Crippen LogP) is 3.06. The number of hydrogen-bond donors (Lipinski definition) is 1. The van der Waals surface area contributed by atoms with Crippen LogP contribution in [0.4, 0.5) is 0 Å². The van der Waals surface area contributed by atoms with E-state index in [4.69, 9.17) is 0 Å². The largest absolute Gasteiger partial charge is 0.352 e. The number of hydrogen-bond acceptors (Lipinski definition) is 3. The Morgan fingerprint density at radius 3 is 2.56 bits per heavy atom. The van der Waals surface area contributed by atoms with Crippen LogP contribution in [-0.4, -0.2) is 61.0 Å². The molecule has 0 bridgehead atoms. The molecule has 2 atom stereocenters. The van der Waals surface area contributed by atoms with Crippen molar-refractivity contribution in [3.05, 3.63) is 48.0 Å². The number of benzene rings is 2. The Morgan fingerprint density at radius 2 is 1.74 bits per heavy atom. The molecule has 0 spiro atoms. The van der Waals surface area contributed by atoms with Gasteiger partial charge < -0.3 is 10.2 Å². The normalized spacial score (nSPS) is 24.8. The van der Waals surface area contributed by atoms with E-state index < -0.39 is 0 Å². The van der Waals surface area contributed by atoms with Crippen LogP contribution in [0.3, 0.4) is 0 Å². The molecule has 2 aliphatic rings. The number of rotatable bonds is 4. The Kier molecular flexibility index (Phi) is 5.74. The average Bonchev–Trinajstić information content (AvgIpc) is 2.69. The fraction of sp³-hybridized carbons (Fsp3) is 0.522. The fourth-order valence-electron chi connectivity index (χ4n) is 4.66. The summed E-state index contributed by atoms with van der Waals surface area (Å²) in [6.45, 7) is 4.51. The topological polar surface area (TPSA) is 35.6 Å². The third-order valence-electron chi connectivity index (χ3n) is 6.26. The molecule has 4 nitrogen and oxygen atoms in total. The van der Waals surface area contributed by atoms with Crippen LogP contribution in [0.2, 0.25) is 0 Å². The van der Waals surface area contributed by atoms with E-state index in [0.29, 0.717) is 18.5 Å². The molecule has 4 heteroatoms. The second-order valence-electron chi connectivity index (χ2n) is 8.22. The second kappa shape index (κ2) is 8.41. The smallest absolute Gasteiger partial charge is 0.224 e. The van der Waals surface area contributed by atoms with Gasteiger partial charge in [-0.2, -0.15) is 0 Å². The summed E-state index contributed by atoms with van der Waals surface area (Å²) in [6.07, 6.45) is 5.31. The highest BCUT2D eigenvalue weighted by atomic mass is 16.1. The van der Waals surface area contributed by atoms with Crippen LogP contribution in [0.25, 0.3) is 10.8 Å². The van der Waals surface area contributed by atoms with Gasteiger partial charge in [0.2, 0.25) is 5.91 Å². The van der Waals surface area contributed by atoms with Crippen molar-refractivity contribution in [1.29, 1.82) is 0 Å². The van der Waals surface area contributed by atoms with E-state index in [-0.39, 0.29) is 5.91 Å². The molecule has 27 heavy (non-hydrogen) atoms. The Labute approximate surface area is 162 Å². The standard InChI is InChI=1S/C23H31N3O/c1-25-12-14-26(15-13-25)22-9-5-4-8-21(22)24-23(27)17-18-10-11-19-6-2-3-7-20(19)16-18/h2-3,6-7,10-11,16,21-22H,4-5,8-9,12-15,17H2,1H3,(H,24,27). The SMILES string of the molecule is CN1CCN(C2CCCCC2NC(=O)Cc2ccc3ccccc3c2)CC1. The molecular formula is C23H31N3O. The Balaban J connectivity index is 1.39. The summed E-state index contributed by atoms with van der Waals surface area (Å²) in [7, 11) is 2.20. The van der Waals surface area contributed by atoms with Gasteiger partial charge in [0.15, 0.2) is 0 Å². The van der Waals surface area contributed by atoms with Crippen molar-refractivity contribution < 1.29 is 4.79 Å². The zero-order chi connectivity index (χ0) is 18.6. The van der Waals surface area contributed by atoms with Crippen LogP contribution in [0.15, 0.2) is 42.5 Å². The zero-order valence-corrected chi connectivity index (χ0v) is 16.4. The molecule has 1 saturated heterocycles. The van der Waals surface area contributed by atoms with Crippen LogP contribution in [0, 0.1) is 0 Å². The maximum Gasteiger partial charge on any atom is 0.224 e. The van der Waals surface area contributed by atoms with E-state index in [1.807, 2.05) is 0 Å². The van der Waals surface area contributed by atoms with Crippen molar-refractivity contribution in [2.75, 3.05) is 33.2 Å². The summed E-state index contributed by atoms with van der Waals surface area (Å²) in [5.74, 6) is 0.163. The molecule has 1 amide bonds. The van der Waals surface area contributed by atoms with Crippen LogP contribution in [-0.2, 0) is 11.2 Å². The molecule has 4 rings (SSSR count). The summed E-state index contributed by atoms with van der Waals surface area (Å²) in [6, 6.07) is 15.5. The Morgan fingerprint density at radius 1 is 1.00 bits per heavy atom. The van der Waals surface area contributed by atoms with Gasteiger partial charge in [-0.05, 0) is 36.2 Å². The molecule has 1 aliphatic carbocycles. The third kappa shape index (κ3) is 4.50. The van der Waals surface area contributed by atoms with Crippen molar-refractivity contribution >= 4 is 16.7 Å². The highest BCUT2D eigenvalue weighted by Crippen LogP contribution is 2.24. The number of piperazine rings is 1. The van der Waals surface area contributed by atoms with Crippen molar-refractivity contribution in [2.45, 2.75) is 44.2 Å². The molecule has 2 aromatic rings. The van der Waals surface area contributed by atoms with E-state index in [1.165, 1.54) is 30.0 Å². The van der Waals surface area contributed by atoms with Gasteiger partial charge in [0.25, 0.3) is 0 Å². The summed E-state index contributed by atoms with van der Waals surface area (Å²) in [4.78, 5) is 17.8.